The summed E-state index contributed by atoms with van der Waals surface area (Å²) in [5.41, 5.74) is 4.22. The Labute approximate surface area is 216 Å². The largest absolute Gasteiger partial charge is 0.497 e. The normalized spacial score (nSPS) is 13.2. The Balaban J connectivity index is 1.51. The van der Waals surface area contributed by atoms with E-state index < -0.39 is 12.0 Å². The number of methoxy groups -OCH3 is 3. The lowest BCUT2D eigenvalue weighted by Gasteiger charge is -2.28. The van der Waals surface area contributed by atoms with Crippen LogP contribution in [0.1, 0.15) is 40.1 Å². The molecule has 0 unspecified atom stereocenters. The van der Waals surface area contributed by atoms with Gasteiger partial charge in [0.25, 0.3) is 11.8 Å². The zero-order valence-electron chi connectivity index (χ0n) is 21.5. The summed E-state index contributed by atoms with van der Waals surface area (Å²) < 4.78 is 15.5. The van der Waals surface area contributed by atoms with Gasteiger partial charge in [-0.05, 0) is 52.9 Å². The van der Waals surface area contributed by atoms with E-state index in [0.29, 0.717) is 34.9 Å². The average molecular weight is 503 g/mol. The number of anilines is 1. The molecule has 0 aliphatic carbocycles. The van der Waals surface area contributed by atoms with Crippen LogP contribution in [-0.4, -0.2) is 50.1 Å². The summed E-state index contributed by atoms with van der Waals surface area (Å²) in [6.45, 7) is 4.16. The lowest BCUT2D eigenvalue weighted by atomic mass is 10.00. The van der Waals surface area contributed by atoms with Gasteiger partial charge in [0.2, 0.25) is 0 Å². The predicted molar refractivity (Wildman–Crippen MR) is 140 cm³/mol. The molecule has 0 saturated carbocycles. The van der Waals surface area contributed by atoms with Crippen LogP contribution in [0.15, 0.2) is 60.7 Å². The topological polar surface area (TPSA) is 94.2 Å². The maximum atomic E-state index is 13.2. The van der Waals surface area contributed by atoms with Crippen LogP contribution >= 0.6 is 0 Å². The minimum Gasteiger partial charge on any atom is -0.497 e. The molecule has 37 heavy (non-hydrogen) atoms. The van der Waals surface area contributed by atoms with Crippen molar-refractivity contribution in [3.63, 3.8) is 0 Å². The third-order valence-electron chi connectivity index (χ3n) is 6.48. The van der Waals surface area contributed by atoms with Gasteiger partial charge in [0.15, 0.2) is 0 Å². The number of rotatable bonds is 8. The van der Waals surface area contributed by atoms with Crippen LogP contribution in [0.5, 0.6) is 11.5 Å². The van der Waals surface area contributed by atoms with Crippen molar-refractivity contribution in [3.8, 4) is 22.6 Å². The summed E-state index contributed by atoms with van der Waals surface area (Å²) >= 11 is 0. The summed E-state index contributed by atoms with van der Waals surface area (Å²) in [5.74, 6) is 0.0297. The SMILES string of the molecule is COC(=O)[C@H](C(C)C)N1Cc2ccc(-c3ccc(NC(=O)c4ccc(OC)cc4OC)cc3)cc2C1=O. The molecule has 0 bridgehead atoms. The number of carbonyl (C=O) groups excluding carboxylic acids is 3. The summed E-state index contributed by atoms with van der Waals surface area (Å²) in [4.78, 5) is 39.9. The number of esters is 1. The highest BCUT2D eigenvalue weighted by molar-refractivity contribution is 6.06. The van der Waals surface area contributed by atoms with Crippen LogP contribution in [0.3, 0.4) is 0 Å². The van der Waals surface area contributed by atoms with E-state index in [1.807, 2.05) is 44.2 Å². The van der Waals surface area contributed by atoms with Crippen LogP contribution in [0.2, 0.25) is 0 Å². The molecule has 0 spiro atoms. The number of benzene rings is 3. The van der Waals surface area contributed by atoms with Crippen molar-refractivity contribution in [1.29, 1.82) is 0 Å². The highest BCUT2D eigenvalue weighted by Gasteiger charge is 2.38. The van der Waals surface area contributed by atoms with Crippen molar-refractivity contribution in [3.05, 3.63) is 77.4 Å². The molecule has 192 valence electrons. The number of hydrogen-bond acceptors (Lipinski definition) is 6. The molecule has 0 saturated heterocycles. The second-order valence-corrected chi connectivity index (χ2v) is 9.11. The molecule has 2 amide bonds. The zero-order valence-corrected chi connectivity index (χ0v) is 21.5. The fraction of sp³-hybridized carbons (Fsp3) is 0.276. The maximum absolute atomic E-state index is 13.2. The number of hydrogen-bond donors (Lipinski definition) is 1. The molecular formula is C29H30N2O6. The van der Waals surface area contributed by atoms with E-state index >= 15 is 0 Å². The fourth-order valence-corrected chi connectivity index (χ4v) is 4.54. The van der Waals surface area contributed by atoms with Crippen LogP contribution in [0, 0.1) is 5.92 Å². The van der Waals surface area contributed by atoms with E-state index in [2.05, 4.69) is 5.32 Å². The van der Waals surface area contributed by atoms with Gasteiger partial charge in [-0.25, -0.2) is 4.79 Å². The van der Waals surface area contributed by atoms with E-state index in [0.717, 1.165) is 16.7 Å². The lowest BCUT2D eigenvalue weighted by molar-refractivity contribution is -0.147. The molecule has 0 aromatic heterocycles. The maximum Gasteiger partial charge on any atom is 0.328 e. The highest BCUT2D eigenvalue weighted by Crippen LogP contribution is 2.32. The first-order valence-corrected chi connectivity index (χ1v) is 11.9. The second kappa shape index (κ2) is 10.7. The molecule has 0 fully saturated rings. The molecule has 4 rings (SSSR count). The van der Waals surface area contributed by atoms with Crippen molar-refractivity contribution in [1.82, 2.24) is 4.90 Å². The van der Waals surface area contributed by atoms with Gasteiger partial charge < -0.3 is 24.4 Å². The minimum absolute atomic E-state index is 0.0779. The van der Waals surface area contributed by atoms with Crippen LogP contribution < -0.4 is 14.8 Å². The monoisotopic (exact) mass is 502 g/mol. The first-order valence-electron chi connectivity index (χ1n) is 11.9. The van der Waals surface area contributed by atoms with Crippen molar-refractivity contribution in [2.75, 3.05) is 26.6 Å². The molecule has 8 heteroatoms. The van der Waals surface area contributed by atoms with Crippen molar-refractivity contribution < 1.29 is 28.6 Å². The zero-order chi connectivity index (χ0) is 26.7. The van der Waals surface area contributed by atoms with E-state index in [1.54, 1.807) is 42.3 Å². The standard InChI is InChI=1S/C29H30N2O6/c1-17(2)26(29(34)37-5)31-16-20-7-6-19(14-24(20)28(31)33)18-8-10-21(11-9-18)30-27(32)23-13-12-22(35-3)15-25(23)36-4/h6-15,17,26H,16H2,1-5H3,(H,30,32)/t26-/m0/s1. The third kappa shape index (κ3) is 5.14. The molecule has 1 atom stereocenters. The Hall–Kier alpha value is -4.33. The number of fused-ring (bicyclic) bond motifs is 1. The predicted octanol–water partition coefficient (Wildman–Crippen LogP) is 4.78. The number of ether oxygens (including phenoxy) is 3. The van der Waals surface area contributed by atoms with Crippen LogP contribution in [0.25, 0.3) is 11.1 Å². The van der Waals surface area contributed by atoms with Gasteiger partial charge in [-0.3, -0.25) is 9.59 Å². The van der Waals surface area contributed by atoms with Crippen LogP contribution in [0.4, 0.5) is 5.69 Å². The van der Waals surface area contributed by atoms with Gasteiger partial charge in [-0.15, -0.1) is 0 Å². The quantitative estimate of drug-likeness (QED) is 0.446. The summed E-state index contributed by atoms with van der Waals surface area (Å²) in [6.07, 6.45) is 0. The van der Waals surface area contributed by atoms with Gasteiger partial charge in [0.1, 0.15) is 17.5 Å². The molecule has 1 N–H and O–H groups in total. The van der Waals surface area contributed by atoms with Crippen LogP contribution in [-0.2, 0) is 16.1 Å². The smallest absolute Gasteiger partial charge is 0.328 e. The number of nitrogens with zero attached hydrogens (tertiary/aromatic N) is 1. The van der Waals surface area contributed by atoms with Gasteiger partial charge in [-0.1, -0.05) is 38.1 Å². The average Bonchev–Trinajstić information content (AvgIpc) is 3.23. The van der Waals surface area contributed by atoms with E-state index in [1.165, 1.54) is 14.2 Å². The van der Waals surface area contributed by atoms with E-state index in [4.69, 9.17) is 14.2 Å². The van der Waals surface area contributed by atoms with Crippen molar-refractivity contribution in [2.24, 2.45) is 5.92 Å². The number of amides is 2. The van der Waals surface area contributed by atoms with Gasteiger partial charge in [0.05, 0.1) is 26.9 Å². The first-order chi connectivity index (χ1) is 17.8. The molecular weight excluding hydrogens is 472 g/mol. The Bertz CT molecular complexity index is 1330. The fourth-order valence-electron chi connectivity index (χ4n) is 4.54. The summed E-state index contributed by atoms with van der Waals surface area (Å²) in [6, 6.07) is 17.5. The molecule has 3 aromatic rings. The Morgan fingerprint density at radius 3 is 2.22 bits per heavy atom. The first kappa shape index (κ1) is 25.8. The molecule has 8 nitrogen and oxygen atoms in total. The summed E-state index contributed by atoms with van der Waals surface area (Å²) in [5, 5.41) is 2.88. The van der Waals surface area contributed by atoms with Gasteiger partial charge in [-0.2, -0.15) is 0 Å². The summed E-state index contributed by atoms with van der Waals surface area (Å²) in [7, 11) is 4.39. The van der Waals surface area contributed by atoms with Gasteiger partial charge in [0, 0.05) is 23.9 Å². The Morgan fingerprint density at radius 1 is 0.892 bits per heavy atom. The highest BCUT2D eigenvalue weighted by atomic mass is 16.5. The van der Waals surface area contributed by atoms with E-state index in [-0.39, 0.29) is 17.7 Å². The molecule has 0 radical (unpaired) electrons. The second-order valence-electron chi connectivity index (χ2n) is 9.11. The third-order valence-corrected chi connectivity index (χ3v) is 6.48. The van der Waals surface area contributed by atoms with E-state index in [9.17, 15) is 14.4 Å². The molecule has 1 aliphatic rings. The Morgan fingerprint density at radius 2 is 1.59 bits per heavy atom. The van der Waals surface area contributed by atoms with Crippen molar-refractivity contribution in [2.45, 2.75) is 26.4 Å². The molecule has 1 heterocycles. The minimum atomic E-state index is -0.638. The number of nitrogens with one attached hydrogen (secondary N) is 1. The lowest BCUT2D eigenvalue weighted by Crippen LogP contribution is -2.45. The Kier molecular flexibility index (Phi) is 7.47. The molecule has 1 aliphatic heterocycles. The number of carbonyl (C=O) groups is 3. The van der Waals surface area contributed by atoms with Crippen molar-refractivity contribution >= 4 is 23.5 Å². The molecule has 3 aromatic carbocycles. The van der Waals surface area contributed by atoms with Gasteiger partial charge >= 0.3 is 5.97 Å².